The average molecular weight is 312 g/mol. The van der Waals surface area contributed by atoms with Crippen molar-refractivity contribution >= 4 is 33.0 Å². The van der Waals surface area contributed by atoms with E-state index in [2.05, 4.69) is 34.0 Å². The topological polar surface area (TPSA) is 43.8 Å². The van der Waals surface area contributed by atoms with Crippen molar-refractivity contribution in [2.45, 2.75) is 25.8 Å². The van der Waals surface area contributed by atoms with Gasteiger partial charge in [0.2, 0.25) is 0 Å². The molecule has 5 heteroatoms. The zero-order valence-corrected chi connectivity index (χ0v) is 12.0. The smallest absolute Gasteiger partial charge is 0.125 e. The first-order valence-corrected chi connectivity index (χ1v) is 7.36. The molecule has 0 aromatic carbocycles. The van der Waals surface area contributed by atoms with Crippen LogP contribution in [0.1, 0.15) is 25.8 Å². The fourth-order valence-corrected chi connectivity index (χ4v) is 3.44. The van der Waals surface area contributed by atoms with Gasteiger partial charge >= 0.3 is 0 Å². The summed E-state index contributed by atoms with van der Waals surface area (Å²) in [5.74, 6) is 0.789. The molecule has 3 nitrogen and oxygen atoms in total. The number of rotatable bonds is 3. The molecule has 17 heavy (non-hydrogen) atoms. The molecule has 90 valence electrons. The molecule has 2 N–H and O–H groups in total. The van der Waals surface area contributed by atoms with Crippen LogP contribution in [0.2, 0.25) is 0 Å². The number of anilines is 1. The molecule has 0 bridgehead atoms. The lowest BCUT2D eigenvalue weighted by atomic mass is 10.2. The lowest BCUT2D eigenvalue weighted by Crippen LogP contribution is -2.07. The second-order valence-corrected chi connectivity index (χ2v) is 7.06. The number of nitrogen functional groups attached to an aromatic ring is 1. The summed E-state index contributed by atoms with van der Waals surface area (Å²) >= 11 is 5.13. The molecule has 2 aromatic heterocycles. The molecule has 0 spiro atoms. The Morgan fingerprint density at radius 3 is 2.88 bits per heavy atom. The van der Waals surface area contributed by atoms with E-state index in [0.29, 0.717) is 6.04 Å². The van der Waals surface area contributed by atoms with E-state index in [1.54, 1.807) is 11.3 Å². The third-order valence-corrected chi connectivity index (χ3v) is 4.92. The van der Waals surface area contributed by atoms with Gasteiger partial charge in [0, 0.05) is 6.20 Å². The van der Waals surface area contributed by atoms with Crippen molar-refractivity contribution in [2.24, 2.45) is 5.92 Å². The average Bonchev–Trinajstić information content (AvgIpc) is 2.96. The standard InChI is InChI=1S/C12H14BrN3S/c1-7(8-2-3-8)16-6-9(14)12(15-16)10-4-5-11(13)17-10/h4-8H,2-3,14H2,1H3. The number of halogens is 1. The van der Waals surface area contributed by atoms with Gasteiger partial charge < -0.3 is 5.73 Å². The van der Waals surface area contributed by atoms with Crippen LogP contribution in [0.15, 0.2) is 22.1 Å². The van der Waals surface area contributed by atoms with Gasteiger partial charge in [-0.05, 0) is 53.7 Å². The zero-order chi connectivity index (χ0) is 12.0. The SMILES string of the molecule is CC(C1CC1)n1cc(N)c(-c2ccc(Br)s2)n1. The number of nitrogens with two attached hydrogens (primary N) is 1. The minimum Gasteiger partial charge on any atom is -0.396 e. The van der Waals surface area contributed by atoms with Gasteiger partial charge in [0.1, 0.15) is 5.69 Å². The van der Waals surface area contributed by atoms with Crippen LogP contribution in [0.5, 0.6) is 0 Å². The van der Waals surface area contributed by atoms with Crippen molar-refractivity contribution in [3.8, 4) is 10.6 Å². The van der Waals surface area contributed by atoms with Crippen LogP contribution in [0.4, 0.5) is 5.69 Å². The predicted octanol–water partition coefficient (Wildman–Crippen LogP) is 3.93. The lowest BCUT2D eigenvalue weighted by Gasteiger charge is -2.09. The normalized spacial score (nSPS) is 17.3. The maximum atomic E-state index is 6.05. The van der Waals surface area contributed by atoms with Gasteiger partial charge in [-0.25, -0.2) is 0 Å². The molecule has 2 heterocycles. The zero-order valence-electron chi connectivity index (χ0n) is 9.56. The van der Waals surface area contributed by atoms with Crippen molar-refractivity contribution in [1.82, 2.24) is 9.78 Å². The van der Waals surface area contributed by atoms with Crippen LogP contribution in [0.3, 0.4) is 0 Å². The first-order chi connectivity index (χ1) is 8.15. The number of nitrogens with zero attached hydrogens (tertiary/aromatic N) is 2. The first kappa shape index (κ1) is 11.3. The van der Waals surface area contributed by atoms with Crippen LogP contribution in [0.25, 0.3) is 10.6 Å². The maximum Gasteiger partial charge on any atom is 0.125 e. The molecular weight excluding hydrogens is 298 g/mol. The van der Waals surface area contributed by atoms with Crippen molar-refractivity contribution < 1.29 is 0 Å². The highest BCUT2D eigenvalue weighted by molar-refractivity contribution is 9.11. The third kappa shape index (κ3) is 2.13. The van der Waals surface area contributed by atoms with Crippen LogP contribution in [-0.2, 0) is 0 Å². The van der Waals surface area contributed by atoms with Crippen molar-refractivity contribution in [3.05, 3.63) is 22.1 Å². The number of aromatic nitrogens is 2. The Labute approximate surface area is 113 Å². The Balaban J connectivity index is 1.95. The highest BCUT2D eigenvalue weighted by Crippen LogP contribution is 2.40. The molecule has 3 rings (SSSR count). The summed E-state index contributed by atoms with van der Waals surface area (Å²) in [4.78, 5) is 1.12. The molecule has 1 aliphatic rings. The van der Waals surface area contributed by atoms with E-state index in [0.717, 1.165) is 26.0 Å². The largest absolute Gasteiger partial charge is 0.396 e. The van der Waals surface area contributed by atoms with Crippen LogP contribution < -0.4 is 5.73 Å². The van der Waals surface area contributed by atoms with Gasteiger partial charge in [-0.2, -0.15) is 5.10 Å². The molecule has 0 radical (unpaired) electrons. The summed E-state index contributed by atoms with van der Waals surface area (Å²) in [5.41, 5.74) is 7.73. The van der Waals surface area contributed by atoms with E-state index in [9.17, 15) is 0 Å². The summed E-state index contributed by atoms with van der Waals surface area (Å²) < 4.78 is 3.13. The minimum atomic E-state index is 0.467. The molecule has 0 amide bonds. The minimum absolute atomic E-state index is 0.467. The van der Waals surface area contributed by atoms with Crippen LogP contribution in [0, 0.1) is 5.92 Å². The summed E-state index contributed by atoms with van der Waals surface area (Å²) in [7, 11) is 0. The molecule has 1 unspecified atom stereocenters. The molecule has 0 aliphatic heterocycles. The second kappa shape index (κ2) is 4.14. The fourth-order valence-electron chi connectivity index (χ4n) is 2.04. The first-order valence-electron chi connectivity index (χ1n) is 5.75. The van der Waals surface area contributed by atoms with E-state index in [1.165, 1.54) is 12.8 Å². The van der Waals surface area contributed by atoms with Gasteiger partial charge in [-0.15, -0.1) is 11.3 Å². The second-order valence-electron chi connectivity index (χ2n) is 4.59. The summed E-state index contributed by atoms with van der Waals surface area (Å²) in [6.45, 7) is 2.22. The Morgan fingerprint density at radius 2 is 2.29 bits per heavy atom. The Hall–Kier alpha value is -0.810. The van der Waals surface area contributed by atoms with Gasteiger partial charge in [-0.1, -0.05) is 0 Å². The number of thiophene rings is 1. The molecular formula is C12H14BrN3S. The van der Waals surface area contributed by atoms with Crippen LogP contribution in [-0.4, -0.2) is 9.78 Å². The van der Waals surface area contributed by atoms with Crippen molar-refractivity contribution in [1.29, 1.82) is 0 Å². The molecule has 1 fully saturated rings. The summed E-state index contributed by atoms with van der Waals surface area (Å²) in [6.07, 6.45) is 4.60. The maximum absolute atomic E-state index is 6.05. The highest BCUT2D eigenvalue weighted by Gasteiger charge is 2.30. The monoisotopic (exact) mass is 311 g/mol. The number of hydrogen-bond donors (Lipinski definition) is 1. The molecule has 2 aromatic rings. The predicted molar refractivity (Wildman–Crippen MR) is 75.1 cm³/mol. The van der Waals surface area contributed by atoms with E-state index < -0.39 is 0 Å². The molecule has 1 atom stereocenters. The van der Waals surface area contributed by atoms with E-state index in [-0.39, 0.29) is 0 Å². The van der Waals surface area contributed by atoms with Crippen molar-refractivity contribution in [3.63, 3.8) is 0 Å². The Kier molecular flexibility index (Phi) is 2.75. The van der Waals surface area contributed by atoms with Gasteiger partial charge in [-0.3, -0.25) is 4.68 Å². The third-order valence-electron chi connectivity index (χ3n) is 3.29. The van der Waals surface area contributed by atoms with E-state index in [1.807, 2.05) is 16.9 Å². The van der Waals surface area contributed by atoms with Crippen LogP contribution >= 0.6 is 27.3 Å². The fraction of sp³-hybridized carbons (Fsp3) is 0.417. The van der Waals surface area contributed by atoms with E-state index >= 15 is 0 Å². The molecule has 0 saturated heterocycles. The summed E-state index contributed by atoms with van der Waals surface area (Å²) in [6, 6.07) is 4.55. The number of hydrogen-bond acceptors (Lipinski definition) is 3. The van der Waals surface area contributed by atoms with Gasteiger partial charge in [0.15, 0.2) is 0 Å². The highest BCUT2D eigenvalue weighted by atomic mass is 79.9. The van der Waals surface area contributed by atoms with Gasteiger partial charge in [0.05, 0.1) is 20.4 Å². The Bertz CT molecular complexity index is 542. The molecule has 1 saturated carbocycles. The quantitative estimate of drug-likeness (QED) is 0.933. The van der Waals surface area contributed by atoms with E-state index in [4.69, 9.17) is 5.73 Å². The summed E-state index contributed by atoms with van der Waals surface area (Å²) in [5, 5.41) is 4.64. The Morgan fingerprint density at radius 1 is 1.53 bits per heavy atom. The van der Waals surface area contributed by atoms with Crippen molar-refractivity contribution in [2.75, 3.05) is 5.73 Å². The lowest BCUT2D eigenvalue weighted by molar-refractivity contribution is 0.441. The van der Waals surface area contributed by atoms with Gasteiger partial charge in [0.25, 0.3) is 0 Å². The molecule has 1 aliphatic carbocycles.